The van der Waals surface area contributed by atoms with Gasteiger partial charge in [-0.2, -0.15) is 4.57 Å². The number of aromatic nitrogens is 1. The van der Waals surface area contributed by atoms with Crippen molar-refractivity contribution in [2.45, 2.75) is 37.2 Å². The molecule has 0 spiro atoms. The first-order valence-electron chi connectivity index (χ1n) is 13.0. The van der Waals surface area contributed by atoms with E-state index < -0.39 is 0 Å². The average Bonchev–Trinajstić information content (AvgIpc) is 3.30. The second-order valence-corrected chi connectivity index (χ2v) is 11.6. The van der Waals surface area contributed by atoms with E-state index in [1.54, 1.807) is 18.7 Å². The van der Waals surface area contributed by atoms with Crippen LogP contribution in [0.2, 0.25) is 0 Å². The third kappa shape index (κ3) is 6.48. The lowest BCUT2D eigenvalue weighted by atomic mass is 10.0. The topological polar surface area (TPSA) is 47.3 Å². The molecule has 2 aromatic heterocycles. The van der Waals surface area contributed by atoms with Crippen LogP contribution in [0, 0.1) is 13.8 Å². The van der Waals surface area contributed by atoms with Crippen LogP contribution in [0.5, 0.6) is 0 Å². The molecule has 0 bridgehead atoms. The molecule has 40 heavy (non-hydrogen) atoms. The van der Waals surface area contributed by atoms with E-state index in [1.807, 2.05) is 66.3 Å². The van der Waals surface area contributed by atoms with Crippen molar-refractivity contribution in [3.63, 3.8) is 0 Å². The molecular weight excluding hydrogens is 649 g/mol. The second kappa shape index (κ2) is 13.6. The highest BCUT2D eigenvalue weighted by atomic mass is 127. The number of nitrogens with zero attached hydrogens (tertiary/aromatic N) is 1. The number of halogens is 1. The highest BCUT2D eigenvalue weighted by Gasteiger charge is 2.31. The van der Waals surface area contributed by atoms with E-state index in [1.165, 1.54) is 33.2 Å². The number of hydrogen-bond donors (Lipinski definition) is 0. The lowest BCUT2D eigenvalue weighted by Gasteiger charge is -2.10. The Bertz CT molecular complexity index is 1650. The van der Waals surface area contributed by atoms with Gasteiger partial charge < -0.3 is 28.7 Å². The fraction of sp³-hybridized carbons (Fsp3) is 0.182. The molecule has 0 saturated heterocycles. The van der Waals surface area contributed by atoms with Crippen LogP contribution >= 0.6 is 23.1 Å². The maximum Gasteiger partial charge on any atom is 0.310 e. The largest absolute Gasteiger partial charge is 1.00 e. The molecule has 0 N–H and O–H groups in total. The molecule has 0 radical (unpaired) electrons. The molecule has 0 amide bonds. The predicted molar refractivity (Wildman–Crippen MR) is 159 cm³/mol. The molecule has 4 nitrogen and oxygen atoms in total. The minimum atomic E-state index is -0.340. The highest BCUT2D eigenvalue weighted by Crippen LogP contribution is 2.41. The van der Waals surface area contributed by atoms with Crippen LogP contribution in [-0.2, 0) is 21.7 Å². The van der Waals surface area contributed by atoms with Gasteiger partial charge in [0.1, 0.15) is 4.21 Å². The number of ether oxygens (including phenoxy) is 1. The van der Waals surface area contributed by atoms with E-state index >= 15 is 0 Å². The average molecular weight is 680 g/mol. The van der Waals surface area contributed by atoms with Gasteiger partial charge in [0.2, 0.25) is 11.5 Å². The number of esters is 1. The van der Waals surface area contributed by atoms with Crippen molar-refractivity contribution in [2.24, 2.45) is 0 Å². The number of carbonyl (C=O) groups excluding carboxylic acids is 2. The van der Waals surface area contributed by atoms with Crippen molar-refractivity contribution < 1.29 is 42.9 Å². The van der Waals surface area contributed by atoms with Crippen molar-refractivity contribution in [1.82, 2.24) is 0 Å². The zero-order valence-corrected chi connectivity index (χ0v) is 26.4. The Labute approximate surface area is 260 Å². The first kappa shape index (κ1) is 30.0. The fourth-order valence-electron chi connectivity index (χ4n) is 4.64. The number of hydrogen-bond acceptors (Lipinski definition) is 5. The van der Waals surface area contributed by atoms with Crippen LogP contribution in [0.3, 0.4) is 0 Å². The van der Waals surface area contributed by atoms with Gasteiger partial charge in [0.15, 0.2) is 12.4 Å². The second-order valence-electron chi connectivity index (χ2n) is 9.38. The summed E-state index contributed by atoms with van der Waals surface area (Å²) in [6.07, 6.45) is 4.02. The summed E-state index contributed by atoms with van der Waals surface area (Å²) in [5.74, 6) is 0.320. The van der Waals surface area contributed by atoms with Crippen LogP contribution in [0.15, 0.2) is 95.5 Å². The zero-order chi connectivity index (χ0) is 27.4. The number of benzene rings is 3. The molecule has 0 aliphatic heterocycles. The summed E-state index contributed by atoms with van der Waals surface area (Å²) in [5, 5.41) is 2.44. The molecule has 3 aromatic carbocycles. The van der Waals surface area contributed by atoms with Crippen molar-refractivity contribution in [3.05, 3.63) is 124 Å². The van der Waals surface area contributed by atoms with Gasteiger partial charge in [-0.15, -0.1) is 23.1 Å². The summed E-state index contributed by atoms with van der Waals surface area (Å²) >= 11 is 3.17. The van der Waals surface area contributed by atoms with Crippen LogP contribution in [0.4, 0.5) is 0 Å². The van der Waals surface area contributed by atoms with Crippen LogP contribution in [0.1, 0.15) is 44.4 Å². The van der Waals surface area contributed by atoms with Crippen LogP contribution in [0.25, 0.3) is 16.5 Å². The Morgan fingerprint density at radius 3 is 2.30 bits per heavy atom. The SMILES string of the molecule is CCOC(=O)Cc1c(C(=O)c2ccccc2)sc(SCc2c(C)ccc3ccccc23)c1-[n+]1ccc(C)cc1.[I-]. The van der Waals surface area contributed by atoms with E-state index in [4.69, 9.17) is 4.74 Å². The Hall–Kier alpha value is -3.01. The normalized spacial score (nSPS) is 10.8. The molecule has 7 heteroatoms. The quantitative estimate of drug-likeness (QED) is 0.0762. The number of ketones is 1. The smallest absolute Gasteiger partial charge is 0.310 e. The Kier molecular flexibility index (Phi) is 10.2. The van der Waals surface area contributed by atoms with Gasteiger partial charge in [0.25, 0.3) is 0 Å². The number of fused-ring (bicyclic) bond motifs is 1. The summed E-state index contributed by atoms with van der Waals surface area (Å²) in [7, 11) is 0. The van der Waals surface area contributed by atoms with Gasteiger partial charge in [0.05, 0.1) is 23.5 Å². The van der Waals surface area contributed by atoms with Gasteiger partial charge in [-0.25, -0.2) is 0 Å². The molecule has 0 aliphatic carbocycles. The summed E-state index contributed by atoms with van der Waals surface area (Å²) in [4.78, 5) is 27.2. The van der Waals surface area contributed by atoms with Gasteiger partial charge >= 0.3 is 5.97 Å². The van der Waals surface area contributed by atoms with Crippen LogP contribution in [-0.4, -0.2) is 18.4 Å². The zero-order valence-electron chi connectivity index (χ0n) is 22.6. The molecule has 204 valence electrons. The highest BCUT2D eigenvalue weighted by molar-refractivity contribution is 8.00. The Morgan fingerprint density at radius 2 is 1.57 bits per heavy atom. The minimum Gasteiger partial charge on any atom is -1.00 e. The van der Waals surface area contributed by atoms with Crippen LogP contribution < -0.4 is 28.5 Å². The van der Waals surface area contributed by atoms with E-state index in [0.29, 0.717) is 22.6 Å². The van der Waals surface area contributed by atoms with E-state index in [0.717, 1.165) is 21.2 Å². The lowest BCUT2D eigenvalue weighted by Crippen LogP contribution is -3.00. The van der Waals surface area contributed by atoms with E-state index in [9.17, 15) is 9.59 Å². The standard InChI is InChI=1S/C33H30NO3S2.HI/c1-4-37-29(35)20-27-30(34-18-16-22(2)17-19-34)33(39-32(27)31(36)25-11-6-5-7-12-25)38-21-28-23(3)14-15-24-10-8-9-13-26(24)28;/h5-19H,4,20-21H2,1-3H3;1H/q+1;/p-1. The van der Waals surface area contributed by atoms with Crippen molar-refractivity contribution in [1.29, 1.82) is 0 Å². The fourth-order valence-corrected chi connectivity index (χ4v) is 7.34. The number of rotatable bonds is 9. The monoisotopic (exact) mass is 679 g/mol. The number of pyridine rings is 1. The molecule has 0 aliphatic rings. The number of carbonyl (C=O) groups is 2. The summed E-state index contributed by atoms with van der Waals surface area (Å²) in [6, 6.07) is 26.1. The first-order chi connectivity index (χ1) is 19.0. The summed E-state index contributed by atoms with van der Waals surface area (Å²) in [5.41, 5.74) is 5.82. The summed E-state index contributed by atoms with van der Waals surface area (Å²) < 4.78 is 8.36. The summed E-state index contributed by atoms with van der Waals surface area (Å²) in [6.45, 7) is 6.27. The minimum absolute atomic E-state index is 0. The predicted octanol–water partition coefficient (Wildman–Crippen LogP) is 4.43. The van der Waals surface area contributed by atoms with Crippen molar-refractivity contribution in [3.8, 4) is 5.69 Å². The molecule has 0 saturated carbocycles. The first-order valence-corrected chi connectivity index (χ1v) is 14.8. The van der Waals surface area contributed by atoms with Gasteiger partial charge in [-0.1, -0.05) is 66.7 Å². The molecular formula is C33H30INO3S2. The van der Waals surface area contributed by atoms with Gasteiger partial charge in [0, 0.05) is 23.4 Å². The maximum atomic E-state index is 13.8. The molecule has 0 atom stereocenters. The molecule has 0 unspecified atom stereocenters. The van der Waals surface area contributed by atoms with Gasteiger partial charge in [-0.3, -0.25) is 9.59 Å². The molecule has 5 aromatic rings. The van der Waals surface area contributed by atoms with Crippen molar-refractivity contribution in [2.75, 3.05) is 6.61 Å². The molecule has 2 heterocycles. The Morgan fingerprint density at radius 1 is 0.875 bits per heavy atom. The third-order valence-corrected chi connectivity index (χ3v) is 9.20. The molecule has 5 rings (SSSR count). The van der Waals surface area contributed by atoms with E-state index in [-0.39, 0.29) is 42.2 Å². The van der Waals surface area contributed by atoms with Gasteiger partial charge in [-0.05, 0) is 48.2 Å². The van der Waals surface area contributed by atoms with Crippen molar-refractivity contribution >= 4 is 45.6 Å². The maximum absolute atomic E-state index is 13.8. The molecule has 0 fully saturated rings. The third-order valence-electron chi connectivity index (χ3n) is 6.69. The number of thiophene rings is 1. The lowest BCUT2D eigenvalue weighted by molar-refractivity contribution is -0.598. The number of thioether (sulfide) groups is 1. The number of aryl methyl sites for hydroxylation is 2. The Balaban J connectivity index is 0.00000370. The van der Waals surface area contributed by atoms with E-state index in [2.05, 4.69) is 43.3 Å².